The van der Waals surface area contributed by atoms with E-state index in [2.05, 4.69) is 15.5 Å². The molecule has 5 heteroatoms. The average molecular weight is 252 g/mol. The zero-order valence-electron chi connectivity index (χ0n) is 10.4. The Morgan fingerprint density at radius 2 is 1.95 bits per heavy atom. The highest BCUT2D eigenvalue weighted by atomic mass is 16.4. The molecule has 0 bridgehead atoms. The lowest BCUT2D eigenvalue weighted by Crippen LogP contribution is -2.15. The van der Waals surface area contributed by atoms with E-state index in [1.807, 2.05) is 55.5 Å². The molecule has 1 aromatic heterocycles. The second kappa shape index (κ2) is 4.53. The minimum absolute atomic E-state index is 0.354. The van der Waals surface area contributed by atoms with Crippen molar-refractivity contribution in [2.45, 2.75) is 6.92 Å². The molecule has 0 unspecified atom stereocenters. The van der Waals surface area contributed by atoms with Gasteiger partial charge in [-0.2, -0.15) is 4.68 Å². The maximum atomic E-state index is 9.26. The lowest BCUT2D eigenvalue weighted by atomic mass is 10.2. The van der Waals surface area contributed by atoms with Gasteiger partial charge in [-0.15, -0.1) is 5.10 Å². The molecule has 0 saturated heterocycles. The van der Waals surface area contributed by atoms with Crippen LogP contribution in [0.2, 0.25) is 0 Å². The molecule has 3 aromatic rings. The maximum Gasteiger partial charge on any atom is 0.201 e. The van der Waals surface area contributed by atoms with Crippen LogP contribution in [0.25, 0.3) is 11.0 Å². The second-order valence-electron chi connectivity index (χ2n) is 4.28. The molecule has 94 valence electrons. The van der Waals surface area contributed by atoms with E-state index in [-0.39, 0.29) is 0 Å². The topological polar surface area (TPSA) is 63.3 Å². The van der Waals surface area contributed by atoms with E-state index in [4.69, 9.17) is 0 Å². The molecule has 1 N–H and O–H groups in total. The van der Waals surface area contributed by atoms with Crippen LogP contribution in [0.3, 0.4) is 0 Å². The van der Waals surface area contributed by atoms with Crippen molar-refractivity contribution in [3.05, 3.63) is 59.7 Å². The summed E-state index contributed by atoms with van der Waals surface area (Å²) in [7, 11) is 0. The third-order valence-corrected chi connectivity index (χ3v) is 2.93. The van der Waals surface area contributed by atoms with Gasteiger partial charge in [-0.25, -0.2) is 0 Å². The van der Waals surface area contributed by atoms with Gasteiger partial charge in [0.2, 0.25) is 5.84 Å². The van der Waals surface area contributed by atoms with Gasteiger partial charge in [0.05, 0.1) is 5.52 Å². The highest BCUT2D eigenvalue weighted by Gasteiger charge is 2.12. The van der Waals surface area contributed by atoms with Crippen molar-refractivity contribution < 1.29 is 5.21 Å². The molecule has 2 aromatic carbocycles. The molecule has 1 heterocycles. The standard InChI is InChI=1S/C14H12N4O/c1-10-7-8-13-12(9-10)15-17-18(13)14(16-19)11-5-3-2-4-6-11/h2-9,19H,1H3/b16-14-. The second-order valence-corrected chi connectivity index (χ2v) is 4.28. The van der Waals surface area contributed by atoms with E-state index in [0.29, 0.717) is 5.84 Å². The first-order chi connectivity index (χ1) is 9.29. The van der Waals surface area contributed by atoms with Crippen molar-refractivity contribution >= 4 is 16.9 Å². The van der Waals surface area contributed by atoms with E-state index in [9.17, 15) is 5.21 Å². The van der Waals surface area contributed by atoms with Crippen molar-refractivity contribution in [2.75, 3.05) is 0 Å². The highest BCUT2D eigenvalue weighted by molar-refractivity contribution is 6.03. The number of benzene rings is 2. The fourth-order valence-corrected chi connectivity index (χ4v) is 2.00. The van der Waals surface area contributed by atoms with Crippen molar-refractivity contribution in [3.63, 3.8) is 0 Å². The van der Waals surface area contributed by atoms with Crippen LogP contribution >= 0.6 is 0 Å². The summed E-state index contributed by atoms with van der Waals surface area (Å²) < 4.78 is 1.53. The number of oxime groups is 1. The SMILES string of the molecule is Cc1ccc2c(c1)nnn2/C(=N\O)c1ccccc1. The van der Waals surface area contributed by atoms with Crippen LogP contribution in [0.1, 0.15) is 11.1 Å². The summed E-state index contributed by atoms with van der Waals surface area (Å²) in [6, 6.07) is 15.2. The Bertz CT molecular complexity index is 746. The predicted molar refractivity (Wildman–Crippen MR) is 72.4 cm³/mol. The van der Waals surface area contributed by atoms with E-state index in [0.717, 1.165) is 22.2 Å². The number of aromatic nitrogens is 3. The molecule has 0 amide bonds. The van der Waals surface area contributed by atoms with Crippen LogP contribution in [-0.4, -0.2) is 26.0 Å². The van der Waals surface area contributed by atoms with Crippen LogP contribution in [-0.2, 0) is 0 Å². The molecular formula is C14H12N4O. The summed E-state index contributed by atoms with van der Waals surface area (Å²) >= 11 is 0. The lowest BCUT2D eigenvalue weighted by molar-refractivity contribution is 0.316. The lowest BCUT2D eigenvalue weighted by Gasteiger charge is -2.04. The van der Waals surface area contributed by atoms with Gasteiger partial charge in [0.25, 0.3) is 0 Å². The fourth-order valence-electron chi connectivity index (χ4n) is 2.00. The maximum absolute atomic E-state index is 9.26. The largest absolute Gasteiger partial charge is 0.409 e. The van der Waals surface area contributed by atoms with Gasteiger partial charge >= 0.3 is 0 Å². The number of hydrogen-bond acceptors (Lipinski definition) is 4. The van der Waals surface area contributed by atoms with Crippen molar-refractivity contribution in [1.82, 2.24) is 15.0 Å². The van der Waals surface area contributed by atoms with Crippen LogP contribution in [0.4, 0.5) is 0 Å². The minimum Gasteiger partial charge on any atom is -0.409 e. The van der Waals surface area contributed by atoms with Gasteiger partial charge < -0.3 is 5.21 Å². The third kappa shape index (κ3) is 1.95. The molecule has 19 heavy (non-hydrogen) atoms. The molecule has 0 saturated carbocycles. The quantitative estimate of drug-likeness (QED) is 0.313. The van der Waals surface area contributed by atoms with Crippen molar-refractivity contribution in [2.24, 2.45) is 5.16 Å². The van der Waals surface area contributed by atoms with Crippen LogP contribution < -0.4 is 0 Å². The van der Waals surface area contributed by atoms with Crippen LogP contribution in [0, 0.1) is 6.92 Å². The Balaban J connectivity index is 2.18. The predicted octanol–water partition coefficient (Wildman–Crippen LogP) is 2.42. The van der Waals surface area contributed by atoms with Gasteiger partial charge in [-0.3, -0.25) is 0 Å². The molecule has 0 spiro atoms. The zero-order chi connectivity index (χ0) is 13.2. The van der Waals surface area contributed by atoms with Gasteiger partial charge in [0.15, 0.2) is 0 Å². The van der Waals surface area contributed by atoms with Crippen molar-refractivity contribution in [1.29, 1.82) is 0 Å². The van der Waals surface area contributed by atoms with Crippen LogP contribution in [0.15, 0.2) is 53.7 Å². The van der Waals surface area contributed by atoms with E-state index >= 15 is 0 Å². The van der Waals surface area contributed by atoms with Gasteiger partial charge in [-0.05, 0) is 24.6 Å². The van der Waals surface area contributed by atoms with Gasteiger partial charge in [0, 0.05) is 5.56 Å². The molecule has 0 aliphatic carbocycles. The first-order valence-electron chi connectivity index (χ1n) is 5.89. The summed E-state index contributed by atoms with van der Waals surface area (Å²) in [4.78, 5) is 0. The Kier molecular flexibility index (Phi) is 2.72. The number of nitrogens with zero attached hydrogens (tertiary/aromatic N) is 4. The minimum atomic E-state index is 0.354. The average Bonchev–Trinajstić information content (AvgIpc) is 2.84. The smallest absolute Gasteiger partial charge is 0.201 e. The Morgan fingerprint density at radius 3 is 2.68 bits per heavy atom. The molecular weight excluding hydrogens is 240 g/mol. The molecule has 3 rings (SSSR count). The number of aryl methyl sites for hydroxylation is 1. The number of hydrogen-bond donors (Lipinski definition) is 1. The van der Waals surface area contributed by atoms with E-state index in [1.165, 1.54) is 4.68 Å². The summed E-state index contributed by atoms with van der Waals surface area (Å²) in [5.74, 6) is 0.354. The van der Waals surface area contributed by atoms with Gasteiger partial charge in [-0.1, -0.05) is 46.8 Å². The van der Waals surface area contributed by atoms with Crippen LogP contribution in [0.5, 0.6) is 0 Å². The molecule has 0 atom stereocenters. The number of rotatable bonds is 1. The fraction of sp³-hybridized carbons (Fsp3) is 0.0714. The van der Waals surface area contributed by atoms with Gasteiger partial charge in [0.1, 0.15) is 5.52 Å². The number of fused-ring (bicyclic) bond motifs is 1. The highest BCUT2D eigenvalue weighted by Crippen LogP contribution is 2.14. The Morgan fingerprint density at radius 1 is 1.16 bits per heavy atom. The molecule has 0 fully saturated rings. The summed E-state index contributed by atoms with van der Waals surface area (Å²) in [5.41, 5.74) is 3.47. The Hall–Kier alpha value is -2.69. The third-order valence-electron chi connectivity index (χ3n) is 2.93. The summed E-state index contributed by atoms with van der Waals surface area (Å²) in [5, 5.41) is 20.8. The molecule has 0 radical (unpaired) electrons. The zero-order valence-corrected chi connectivity index (χ0v) is 10.4. The molecule has 0 aliphatic rings. The Labute approximate surface area is 109 Å². The van der Waals surface area contributed by atoms with Crippen molar-refractivity contribution in [3.8, 4) is 0 Å². The first-order valence-corrected chi connectivity index (χ1v) is 5.89. The monoisotopic (exact) mass is 252 g/mol. The summed E-state index contributed by atoms with van der Waals surface area (Å²) in [6.07, 6.45) is 0. The first kappa shape index (κ1) is 11.4. The normalized spacial score (nSPS) is 11.9. The van der Waals surface area contributed by atoms with E-state index < -0.39 is 0 Å². The molecule has 5 nitrogen and oxygen atoms in total. The van der Waals surface area contributed by atoms with E-state index in [1.54, 1.807) is 0 Å². The molecule has 0 aliphatic heterocycles. The summed E-state index contributed by atoms with van der Waals surface area (Å²) in [6.45, 7) is 2.00.